The number of aromatic nitrogens is 6. The van der Waals surface area contributed by atoms with Crippen molar-refractivity contribution < 1.29 is 13.9 Å². The van der Waals surface area contributed by atoms with E-state index >= 15 is 0 Å². The third kappa shape index (κ3) is 3.22. The Morgan fingerprint density at radius 2 is 2.08 bits per heavy atom. The highest BCUT2D eigenvalue weighted by Gasteiger charge is 2.20. The molecule has 4 aromatic rings. The Morgan fingerprint density at radius 1 is 1.23 bits per heavy atom. The first-order valence-electron chi connectivity index (χ1n) is 7.62. The van der Waals surface area contributed by atoms with Gasteiger partial charge in [0.05, 0.1) is 16.1 Å². The molecular formula is C16H12N6O3S. The standard InChI is InChI=1S/C16H12N6O3S/c1-10(14-18-19-15(25-14)13-3-2-8-26-13)24-16(23)11-4-6-12(7-5-11)22-9-17-20-21-22/h2-10H,1H3/t10-/m1/s1. The minimum Gasteiger partial charge on any atom is -0.449 e. The van der Waals surface area contributed by atoms with Crippen molar-refractivity contribution >= 4 is 17.3 Å². The lowest BCUT2D eigenvalue weighted by atomic mass is 10.2. The zero-order valence-corrected chi connectivity index (χ0v) is 14.3. The van der Waals surface area contributed by atoms with Gasteiger partial charge in [0.15, 0.2) is 6.10 Å². The lowest BCUT2D eigenvalue weighted by Crippen LogP contribution is -2.09. The van der Waals surface area contributed by atoms with Gasteiger partial charge in [-0.25, -0.2) is 9.48 Å². The lowest BCUT2D eigenvalue weighted by Gasteiger charge is -2.09. The Hall–Kier alpha value is -3.40. The molecule has 0 saturated carbocycles. The van der Waals surface area contributed by atoms with Crippen molar-refractivity contribution in [3.8, 4) is 16.5 Å². The zero-order valence-electron chi connectivity index (χ0n) is 13.5. The molecule has 0 fully saturated rings. The van der Waals surface area contributed by atoms with Crippen molar-refractivity contribution in [3.63, 3.8) is 0 Å². The number of ether oxygens (including phenoxy) is 1. The van der Waals surface area contributed by atoms with Gasteiger partial charge in [0.25, 0.3) is 11.8 Å². The second-order valence-corrected chi connectivity index (χ2v) is 6.22. The van der Waals surface area contributed by atoms with Crippen LogP contribution < -0.4 is 0 Å². The summed E-state index contributed by atoms with van der Waals surface area (Å²) in [5.41, 5.74) is 1.13. The molecule has 4 rings (SSSR count). The highest BCUT2D eigenvalue weighted by Crippen LogP contribution is 2.26. The molecule has 0 amide bonds. The Labute approximate surface area is 151 Å². The highest BCUT2D eigenvalue weighted by atomic mass is 32.1. The molecule has 0 bridgehead atoms. The molecule has 1 atom stereocenters. The van der Waals surface area contributed by atoms with Gasteiger partial charge in [0.2, 0.25) is 0 Å². The molecule has 3 aromatic heterocycles. The van der Waals surface area contributed by atoms with Crippen LogP contribution >= 0.6 is 11.3 Å². The van der Waals surface area contributed by atoms with Crippen LogP contribution in [0.1, 0.15) is 29.3 Å². The number of rotatable bonds is 5. The van der Waals surface area contributed by atoms with Gasteiger partial charge in [0.1, 0.15) is 6.33 Å². The molecule has 3 heterocycles. The van der Waals surface area contributed by atoms with E-state index in [0.29, 0.717) is 11.5 Å². The minimum absolute atomic E-state index is 0.243. The van der Waals surface area contributed by atoms with Crippen LogP contribution in [0, 0.1) is 0 Å². The van der Waals surface area contributed by atoms with Crippen LogP contribution in [0.4, 0.5) is 0 Å². The molecule has 0 unspecified atom stereocenters. The third-order valence-electron chi connectivity index (χ3n) is 3.52. The van der Waals surface area contributed by atoms with Gasteiger partial charge >= 0.3 is 5.97 Å². The maximum Gasteiger partial charge on any atom is 0.338 e. The van der Waals surface area contributed by atoms with Crippen molar-refractivity contribution in [3.05, 3.63) is 59.6 Å². The van der Waals surface area contributed by atoms with E-state index in [4.69, 9.17) is 9.15 Å². The first-order chi connectivity index (χ1) is 12.7. The molecule has 26 heavy (non-hydrogen) atoms. The molecule has 0 spiro atoms. The lowest BCUT2D eigenvalue weighted by molar-refractivity contribution is 0.0280. The van der Waals surface area contributed by atoms with Gasteiger partial charge in [-0.2, -0.15) is 0 Å². The Kier molecular flexibility index (Phi) is 4.23. The molecule has 1 aromatic carbocycles. The van der Waals surface area contributed by atoms with Crippen molar-refractivity contribution in [2.45, 2.75) is 13.0 Å². The number of hydrogen-bond donors (Lipinski definition) is 0. The fourth-order valence-corrected chi connectivity index (χ4v) is 2.85. The minimum atomic E-state index is -0.664. The van der Waals surface area contributed by atoms with E-state index < -0.39 is 12.1 Å². The van der Waals surface area contributed by atoms with Crippen molar-refractivity contribution in [2.75, 3.05) is 0 Å². The maximum absolute atomic E-state index is 12.3. The van der Waals surface area contributed by atoms with Crippen LogP contribution in [-0.4, -0.2) is 36.4 Å². The number of benzene rings is 1. The summed E-state index contributed by atoms with van der Waals surface area (Å²) in [7, 11) is 0. The second-order valence-electron chi connectivity index (χ2n) is 5.27. The van der Waals surface area contributed by atoms with Crippen LogP contribution in [0.2, 0.25) is 0 Å². The summed E-state index contributed by atoms with van der Waals surface area (Å²) < 4.78 is 12.5. The summed E-state index contributed by atoms with van der Waals surface area (Å²) in [5.74, 6) is 0.160. The molecule has 0 N–H and O–H groups in total. The average Bonchev–Trinajstić information content (AvgIpc) is 3.43. The van der Waals surface area contributed by atoms with Gasteiger partial charge < -0.3 is 9.15 Å². The number of carbonyl (C=O) groups is 1. The highest BCUT2D eigenvalue weighted by molar-refractivity contribution is 7.13. The molecule has 0 aliphatic carbocycles. The van der Waals surface area contributed by atoms with E-state index in [1.54, 1.807) is 31.2 Å². The van der Waals surface area contributed by atoms with Gasteiger partial charge in [-0.1, -0.05) is 6.07 Å². The fourth-order valence-electron chi connectivity index (χ4n) is 2.21. The number of carbonyl (C=O) groups excluding carboxylic acids is 1. The second kappa shape index (κ2) is 6.84. The molecule has 0 radical (unpaired) electrons. The van der Waals surface area contributed by atoms with Gasteiger partial charge in [-0.15, -0.1) is 26.6 Å². The van der Waals surface area contributed by atoms with E-state index in [-0.39, 0.29) is 5.89 Å². The van der Waals surface area contributed by atoms with Crippen molar-refractivity contribution in [2.24, 2.45) is 0 Å². The van der Waals surface area contributed by atoms with Crippen molar-refractivity contribution in [1.82, 2.24) is 30.4 Å². The monoisotopic (exact) mass is 368 g/mol. The van der Waals surface area contributed by atoms with E-state index in [1.807, 2.05) is 17.5 Å². The first kappa shape index (κ1) is 16.1. The first-order valence-corrected chi connectivity index (χ1v) is 8.50. The largest absolute Gasteiger partial charge is 0.449 e. The molecule has 0 aliphatic heterocycles. The average molecular weight is 368 g/mol. The Bertz CT molecular complexity index is 995. The summed E-state index contributed by atoms with van der Waals surface area (Å²) >= 11 is 1.49. The summed E-state index contributed by atoms with van der Waals surface area (Å²) in [6.07, 6.45) is 0.804. The smallest absolute Gasteiger partial charge is 0.338 e. The number of esters is 1. The molecule has 0 aliphatic rings. The van der Waals surface area contributed by atoms with E-state index in [1.165, 1.54) is 22.3 Å². The van der Waals surface area contributed by atoms with E-state index in [9.17, 15) is 4.79 Å². The maximum atomic E-state index is 12.3. The summed E-state index contributed by atoms with van der Waals surface area (Å²) in [6.45, 7) is 1.68. The molecule has 9 nitrogen and oxygen atoms in total. The number of hydrogen-bond acceptors (Lipinski definition) is 9. The normalized spacial score (nSPS) is 12.0. The van der Waals surface area contributed by atoms with Crippen LogP contribution in [-0.2, 0) is 4.74 Å². The number of tetrazole rings is 1. The summed E-state index contributed by atoms with van der Waals surface area (Å²) in [5, 5.41) is 20.8. The topological polar surface area (TPSA) is 109 Å². The molecule has 0 saturated heterocycles. The molecule has 130 valence electrons. The quantitative estimate of drug-likeness (QED) is 0.495. The van der Waals surface area contributed by atoms with Crippen LogP contribution in [0.5, 0.6) is 0 Å². The predicted octanol–water partition coefficient (Wildman–Crippen LogP) is 2.69. The SMILES string of the molecule is C[C@@H](OC(=O)c1ccc(-n2cnnn2)cc1)c1nnc(-c2cccs2)o1. The number of nitrogens with zero attached hydrogens (tertiary/aromatic N) is 6. The van der Waals surface area contributed by atoms with E-state index in [2.05, 4.69) is 25.7 Å². The molecular weight excluding hydrogens is 356 g/mol. The summed E-state index contributed by atoms with van der Waals surface area (Å²) in [4.78, 5) is 13.2. The van der Waals surface area contributed by atoms with Crippen LogP contribution in [0.25, 0.3) is 16.5 Å². The van der Waals surface area contributed by atoms with Gasteiger partial charge in [-0.05, 0) is 53.1 Å². The van der Waals surface area contributed by atoms with Crippen LogP contribution in [0.15, 0.2) is 52.5 Å². The van der Waals surface area contributed by atoms with Gasteiger partial charge in [-0.3, -0.25) is 0 Å². The third-order valence-corrected chi connectivity index (χ3v) is 4.38. The Morgan fingerprint density at radius 3 is 2.77 bits per heavy atom. The predicted molar refractivity (Wildman–Crippen MR) is 90.6 cm³/mol. The Balaban J connectivity index is 1.44. The van der Waals surface area contributed by atoms with Gasteiger partial charge in [0, 0.05) is 0 Å². The number of thiophene rings is 1. The fraction of sp³-hybridized carbons (Fsp3) is 0.125. The molecule has 10 heteroatoms. The van der Waals surface area contributed by atoms with Crippen molar-refractivity contribution in [1.29, 1.82) is 0 Å². The zero-order chi connectivity index (χ0) is 17.9. The van der Waals surface area contributed by atoms with Crippen LogP contribution in [0.3, 0.4) is 0 Å². The van der Waals surface area contributed by atoms with E-state index in [0.717, 1.165) is 10.6 Å². The summed E-state index contributed by atoms with van der Waals surface area (Å²) in [6, 6.07) is 10.5.